The third-order valence-electron chi connectivity index (χ3n) is 3.26. The number of ether oxygens (including phenoxy) is 1. The second kappa shape index (κ2) is 8.20. The number of thioether (sulfide) groups is 2. The molecule has 1 amide bonds. The minimum absolute atomic E-state index is 0.219. The Kier molecular flexibility index (Phi) is 5.75. The number of hydrogen-bond donors (Lipinski definition) is 1. The van der Waals surface area contributed by atoms with Crippen molar-refractivity contribution in [3.05, 3.63) is 40.7 Å². The highest BCUT2D eigenvalue weighted by atomic mass is 32.2. The largest absolute Gasteiger partial charge is 0.450 e. The molecular formula is C15H13FN6O2S2. The van der Waals surface area contributed by atoms with Gasteiger partial charge in [0.15, 0.2) is 5.70 Å². The van der Waals surface area contributed by atoms with E-state index in [0.717, 1.165) is 4.24 Å². The van der Waals surface area contributed by atoms with Gasteiger partial charge >= 0.3 is 6.09 Å². The van der Waals surface area contributed by atoms with Crippen molar-refractivity contribution in [3.63, 3.8) is 0 Å². The monoisotopic (exact) mass is 392 g/mol. The topological polar surface area (TPSA) is 106 Å². The second-order valence-corrected chi connectivity index (χ2v) is 7.44. The Balaban J connectivity index is 1.77. The van der Waals surface area contributed by atoms with Crippen molar-refractivity contribution in [2.45, 2.75) is 12.2 Å². The van der Waals surface area contributed by atoms with E-state index in [4.69, 9.17) is 4.74 Å². The first kappa shape index (κ1) is 18.2. The fraction of sp³-hybridized carbons (Fsp3) is 0.267. The molecule has 1 N–H and O–H groups in total. The van der Waals surface area contributed by atoms with Gasteiger partial charge in [-0.25, -0.2) is 18.9 Å². The van der Waals surface area contributed by atoms with Gasteiger partial charge in [0, 0.05) is 11.8 Å². The number of pyridine rings is 1. The molecule has 1 fully saturated rings. The Morgan fingerprint density at radius 3 is 3.12 bits per heavy atom. The molecule has 1 unspecified atom stereocenters. The fourth-order valence-electron chi connectivity index (χ4n) is 2.16. The van der Waals surface area contributed by atoms with E-state index in [0.29, 0.717) is 11.4 Å². The Morgan fingerprint density at radius 1 is 1.62 bits per heavy atom. The molecule has 3 heterocycles. The number of carbonyl (C=O) groups excluding carboxylic acids is 1. The molecule has 0 aliphatic carbocycles. The lowest BCUT2D eigenvalue weighted by atomic mass is 10.2. The minimum atomic E-state index is -0.663. The van der Waals surface area contributed by atoms with Gasteiger partial charge in [-0.05, 0) is 6.92 Å². The summed E-state index contributed by atoms with van der Waals surface area (Å²) in [4.78, 5) is 19.4. The molecule has 1 saturated heterocycles. The van der Waals surface area contributed by atoms with Crippen molar-refractivity contribution in [2.75, 3.05) is 17.7 Å². The molecule has 1 aliphatic rings. The quantitative estimate of drug-likeness (QED) is 0.791. The van der Waals surface area contributed by atoms with E-state index in [2.05, 4.69) is 26.5 Å². The van der Waals surface area contributed by atoms with Gasteiger partial charge < -0.3 is 4.74 Å². The number of hydrogen-bond acceptors (Lipinski definition) is 8. The van der Waals surface area contributed by atoms with Crippen LogP contribution in [0.5, 0.6) is 0 Å². The number of allylic oxidation sites excluding steroid dienone is 1. The summed E-state index contributed by atoms with van der Waals surface area (Å²) in [5, 5.41) is 15.5. The molecule has 8 nitrogen and oxygen atoms in total. The van der Waals surface area contributed by atoms with Crippen LogP contribution in [0.2, 0.25) is 0 Å². The van der Waals surface area contributed by atoms with Gasteiger partial charge in [0.1, 0.15) is 24.5 Å². The Morgan fingerprint density at radius 2 is 2.46 bits per heavy atom. The smallest absolute Gasteiger partial charge is 0.411 e. The summed E-state index contributed by atoms with van der Waals surface area (Å²) in [5.41, 5.74) is 0.834. The van der Waals surface area contributed by atoms with Gasteiger partial charge in [0.05, 0.1) is 33.7 Å². The molecule has 26 heavy (non-hydrogen) atoms. The van der Waals surface area contributed by atoms with Crippen LogP contribution in [0.15, 0.2) is 29.2 Å². The number of amides is 1. The Bertz CT molecular complexity index is 881. The lowest BCUT2D eigenvalue weighted by molar-refractivity contribution is 0.168. The summed E-state index contributed by atoms with van der Waals surface area (Å²) in [6.45, 7) is 1.90. The van der Waals surface area contributed by atoms with Gasteiger partial charge in [0.2, 0.25) is 0 Å². The van der Waals surface area contributed by atoms with Crippen LogP contribution in [-0.2, 0) is 4.74 Å². The summed E-state index contributed by atoms with van der Waals surface area (Å²) in [6, 6.07) is 3.30. The number of rotatable bonds is 4. The lowest BCUT2D eigenvalue weighted by Gasteiger charge is -2.10. The summed E-state index contributed by atoms with van der Waals surface area (Å²) >= 11 is 2.80. The molecule has 11 heteroatoms. The molecular weight excluding hydrogens is 379 g/mol. The molecule has 1 atom stereocenters. The highest BCUT2D eigenvalue weighted by Gasteiger charge is 2.29. The zero-order chi connectivity index (χ0) is 18.5. The van der Waals surface area contributed by atoms with Gasteiger partial charge in [0.25, 0.3) is 0 Å². The van der Waals surface area contributed by atoms with Crippen LogP contribution in [0.25, 0.3) is 5.70 Å². The SMILES string of the molecule is CCOC(=O)Nc1cnc(C2CSC(=C(C#N)n3cncn3)S2)c(F)c1. The summed E-state index contributed by atoms with van der Waals surface area (Å²) < 4.78 is 21.3. The average molecular weight is 392 g/mol. The van der Waals surface area contributed by atoms with Crippen LogP contribution in [0, 0.1) is 17.1 Å². The van der Waals surface area contributed by atoms with Crippen LogP contribution >= 0.6 is 23.5 Å². The Labute approximate surface area is 156 Å². The zero-order valence-electron chi connectivity index (χ0n) is 13.5. The van der Waals surface area contributed by atoms with Crippen LogP contribution in [0.4, 0.5) is 14.9 Å². The van der Waals surface area contributed by atoms with Crippen molar-refractivity contribution < 1.29 is 13.9 Å². The van der Waals surface area contributed by atoms with Crippen LogP contribution in [0.3, 0.4) is 0 Å². The molecule has 134 valence electrons. The maximum atomic E-state index is 14.4. The first-order chi connectivity index (χ1) is 12.6. The standard InChI is InChI=1S/C15H13FN6O2S2/c1-2-24-15(23)21-9-3-10(16)13(19-5-9)12-6-25-14(26-12)11(4-17)22-8-18-7-20-22/h3,5,7-8,12H,2,6H2,1H3,(H,21,23). The third kappa shape index (κ3) is 3.97. The number of halogens is 1. The summed E-state index contributed by atoms with van der Waals surface area (Å²) in [5.74, 6) is 0.0342. The van der Waals surface area contributed by atoms with Gasteiger partial charge in [-0.2, -0.15) is 10.4 Å². The second-order valence-electron chi connectivity index (χ2n) is 4.94. The maximum absolute atomic E-state index is 14.4. The molecule has 1 aliphatic heterocycles. The zero-order valence-corrected chi connectivity index (χ0v) is 15.2. The van der Waals surface area contributed by atoms with Crippen molar-refractivity contribution in [3.8, 4) is 6.07 Å². The highest BCUT2D eigenvalue weighted by Crippen LogP contribution is 2.51. The molecule has 0 radical (unpaired) electrons. The molecule has 3 rings (SSSR count). The van der Waals surface area contributed by atoms with E-state index in [1.807, 2.05) is 0 Å². The number of carbonyl (C=O) groups is 1. The first-order valence-corrected chi connectivity index (χ1v) is 9.37. The van der Waals surface area contributed by atoms with Gasteiger partial charge in [-0.3, -0.25) is 10.3 Å². The van der Waals surface area contributed by atoms with E-state index in [1.54, 1.807) is 6.92 Å². The predicted molar refractivity (Wildman–Crippen MR) is 96.5 cm³/mol. The van der Waals surface area contributed by atoms with Crippen molar-refractivity contribution in [2.24, 2.45) is 0 Å². The number of aromatic nitrogens is 4. The van der Waals surface area contributed by atoms with Gasteiger partial charge in [-0.15, -0.1) is 23.5 Å². The molecule has 0 aromatic carbocycles. The van der Waals surface area contributed by atoms with Gasteiger partial charge in [-0.1, -0.05) is 0 Å². The van der Waals surface area contributed by atoms with E-state index in [9.17, 15) is 14.4 Å². The van der Waals surface area contributed by atoms with E-state index >= 15 is 0 Å². The molecule has 0 saturated carbocycles. The predicted octanol–water partition coefficient (Wildman–Crippen LogP) is 3.25. The number of anilines is 1. The minimum Gasteiger partial charge on any atom is -0.450 e. The molecule has 0 bridgehead atoms. The number of nitrogens with one attached hydrogen (secondary N) is 1. The van der Waals surface area contributed by atoms with Crippen LogP contribution in [0.1, 0.15) is 17.9 Å². The number of nitriles is 1. The maximum Gasteiger partial charge on any atom is 0.411 e. The van der Waals surface area contributed by atoms with Crippen LogP contribution in [-0.4, -0.2) is 38.2 Å². The van der Waals surface area contributed by atoms with E-state index in [1.165, 1.54) is 53.1 Å². The van der Waals surface area contributed by atoms with E-state index in [-0.39, 0.29) is 23.2 Å². The van der Waals surface area contributed by atoms with Crippen molar-refractivity contribution >= 4 is 41.0 Å². The van der Waals surface area contributed by atoms with E-state index < -0.39 is 11.9 Å². The first-order valence-electron chi connectivity index (χ1n) is 7.50. The fourth-order valence-corrected chi connectivity index (χ4v) is 4.99. The van der Waals surface area contributed by atoms with Crippen LogP contribution < -0.4 is 5.32 Å². The highest BCUT2D eigenvalue weighted by molar-refractivity contribution is 8.25. The normalized spacial score (nSPS) is 18.3. The summed E-state index contributed by atoms with van der Waals surface area (Å²) in [7, 11) is 0. The molecule has 2 aromatic rings. The van der Waals surface area contributed by atoms with Crippen molar-refractivity contribution in [1.82, 2.24) is 19.7 Å². The van der Waals surface area contributed by atoms with Crippen molar-refractivity contribution in [1.29, 1.82) is 5.26 Å². The number of nitrogens with zero attached hydrogens (tertiary/aromatic N) is 5. The lowest BCUT2D eigenvalue weighted by Crippen LogP contribution is -2.14. The molecule has 2 aromatic heterocycles. The molecule has 0 spiro atoms. The third-order valence-corrected chi connectivity index (χ3v) is 6.15. The Hall–Kier alpha value is -2.58. The average Bonchev–Trinajstić information content (AvgIpc) is 3.29. The summed E-state index contributed by atoms with van der Waals surface area (Å²) in [6.07, 6.45) is 3.50.